The Morgan fingerprint density at radius 3 is 2.57 bits per heavy atom. The first kappa shape index (κ1) is 22.7. The Balaban J connectivity index is 1.54. The van der Waals surface area contributed by atoms with E-state index in [-0.39, 0.29) is 17.3 Å². The van der Waals surface area contributed by atoms with Gasteiger partial charge >= 0.3 is 0 Å². The van der Waals surface area contributed by atoms with Crippen LogP contribution in [-0.4, -0.2) is 67.0 Å². The van der Waals surface area contributed by atoms with Crippen molar-refractivity contribution in [1.29, 1.82) is 0 Å². The molecule has 0 spiro atoms. The van der Waals surface area contributed by atoms with Gasteiger partial charge in [0.1, 0.15) is 0 Å². The number of benzene rings is 1. The SMILES string of the molecule is CN(CC(=O)N1CCCN1C(=S)NCCC1=CCCCC1)S(=O)(=O)c1ccccc1. The maximum absolute atomic E-state index is 12.9. The van der Waals surface area contributed by atoms with Gasteiger partial charge in [0.05, 0.1) is 11.4 Å². The van der Waals surface area contributed by atoms with E-state index < -0.39 is 10.0 Å². The predicted octanol–water partition coefficient (Wildman–Crippen LogP) is 2.52. The van der Waals surface area contributed by atoms with Gasteiger partial charge in [0, 0.05) is 26.7 Å². The van der Waals surface area contributed by atoms with Crippen molar-refractivity contribution in [3.05, 3.63) is 42.0 Å². The summed E-state index contributed by atoms with van der Waals surface area (Å²) in [6, 6.07) is 8.14. The normalized spacial score (nSPS) is 17.2. The lowest BCUT2D eigenvalue weighted by atomic mass is 9.97. The molecule has 1 aliphatic carbocycles. The van der Waals surface area contributed by atoms with Crippen LogP contribution in [0.15, 0.2) is 46.9 Å². The fraction of sp³-hybridized carbons (Fsp3) is 0.524. The molecule has 7 nitrogen and oxygen atoms in total. The predicted molar refractivity (Wildman–Crippen MR) is 121 cm³/mol. The molecular formula is C21H30N4O3S2. The van der Waals surface area contributed by atoms with E-state index in [1.807, 2.05) is 0 Å². The van der Waals surface area contributed by atoms with Gasteiger partial charge in [-0.2, -0.15) is 4.31 Å². The van der Waals surface area contributed by atoms with Gasteiger partial charge in [-0.25, -0.2) is 8.42 Å². The number of allylic oxidation sites excluding steroid dienone is 1. The van der Waals surface area contributed by atoms with Gasteiger partial charge in [-0.1, -0.05) is 29.8 Å². The van der Waals surface area contributed by atoms with E-state index in [1.165, 1.54) is 37.6 Å². The highest BCUT2D eigenvalue weighted by molar-refractivity contribution is 7.89. The molecule has 1 saturated heterocycles. The van der Waals surface area contributed by atoms with E-state index in [0.29, 0.717) is 18.2 Å². The van der Waals surface area contributed by atoms with Gasteiger partial charge < -0.3 is 5.32 Å². The molecule has 0 atom stereocenters. The molecule has 1 heterocycles. The Labute approximate surface area is 184 Å². The van der Waals surface area contributed by atoms with E-state index >= 15 is 0 Å². The lowest BCUT2D eigenvalue weighted by Crippen LogP contribution is -2.51. The van der Waals surface area contributed by atoms with Gasteiger partial charge in [0.25, 0.3) is 5.91 Å². The van der Waals surface area contributed by atoms with E-state index in [4.69, 9.17) is 12.2 Å². The summed E-state index contributed by atoms with van der Waals surface area (Å²) in [5.74, 6) is -0.284. The first-order valence-electron chi connectivity index (χ1n) is 10.4. The van der Waals surface area contributed by atoms with Crippen LogP contribution in [0.3, 0.4) is 0 Å². The number of hydrogen-bond donors (Lipinski definition) is 1. The van der Waals surface area contributed by atoms with Gasteiger partial charge in [-0.3, -0.25) is 14.8 Å². The summed E-state index contributed by atoms with van der Waals surface area (Å²) in [5, 5.41) is 7.10. The van der Waals surface area contributed by atoms with Crippen LogP contribution in [-0.2, 0) is 14.8 Å². The van der Waals surface area contributed by atoms with Gasteiger partial charge in [-0.05, 0) is 62.9 Å². The summed E-state index contributed by atoms with van der Waals surface area (Å²) in [6.07, 6.45) is 8.92. The van der Waals surface area contributed by atoms with Gasteiger partial charge in [0.15, 0.2) is 5.11 Å². The number of nitrogens with zero attached hydrogens (tertiary/aromatic N) is 3. The first-order valence-corrected chi connectivity index (χ1v) is 12.3. The van der Waals surface area contributed by atoms with Crippen molar-refractivity contribution in [1.82, 2.24) is 19.6 Å². The third-order valence-electron chi connectivity index (χ3n) is 5.47. The smallest absolute Gasteiger partial charge is 0.256 e. The van der Waals surface area contributed by atoms with Crippen LogP contribution < -0.4 is 5.32 Å². The second-order valence-electron chi connectivity index (χ2n) is 7.66. The lowest BCUT2D eigenvalue weighted by Gasteiger charge is -2.31. The van der Waals surface area contributed by atoms with Crippen molar-refractivity contribution >= 4 is 33.3 Å². The number of rotatable bonds is 7. The van der Waals surface area contributed by atoms with Gasteiger partial charge in [0.2, 0.25) is 10.0 Å². The maximum atomic E-state index is 12.9. The molecular weight excluding hydrogens is 420 g/mol. The number of nitrogens with one attached hydrogen (secondary N) is 1. The molecule has 30 heavy (non-hydrogen) atoms. The second kappa shape index (κ2) is 10.4. The zero-order valence-electron chi connectivity index (χ0n) is 17.4. The number of likely N-dealkylation sites (N-methyl/N-ethyl adjacent to an activating group) is 1. The zero-order chi connectivity index (χ0) is 21.6. The molecule has 0 aromatic heterocycles. The van der Waals surface area contributed by atoms with Crippen molar-refractivity contribution in [2.24, 2.45) is 0 Å². The number of carbonyl (C=O) groups excluding carboxylic acids is 1. The molecule has 1 aromatic rings. The Kier molecular flexibility index (Phi) is 7.85. The highest BCUT2D eigenvalue weighted by atomic mass is 32.2. The molecule has 0 saturated carbocycles. The zero-order valence-corrected chi connectivity index (χ0v) is 19.1. The van der Waals surface area contributed by atoms with Crippen LogP contribution >= 0.6 is 12.2 Å². The lowest BCUT2D eigenvalue weighted by molar-refractivity contribution is -0.138. The van der Waals surface area contributed by atoms with Crippen LogP contribution in [0.5, 0.6) is 0 Å². The number of thiocarbonyl (C=S) groups is 1. The summed E-state index contributed by atoms with van der Waals surface area (Å²) in [5.41, 5.74) is 1.47. The highest BCUT2D eigenvalue weighted by Gasteiger charge is 2.31. The molecule has 2 aliphatic rings. The topological polar surface area (TPSA) is 73.0 Å². The van der Waals surface area contributed by atoms with Crippen LogP contribution in [0.1, 0.15) is 38.5 Å². The summed E-state index contributed by atoms with van der Waals surface area (Å²) in [7, 11) is -2.29. The molecule has 1 amide bonds. The molecule has 0 bridgehead atoms. The van der Waals surface area contributed by atoms with Gasteiger partial charge in [-0.15, -0.1) is 0 Å². The molecule has 1 aromatic carbocycles. The number of carbonyl (C=O) groups is 1. The Morgan fingerprint density at radius 1 is 1.13 bits per heavy atom. The summed E-state index contributed by atoms with van der Waals surface area (Å²) >= 11 is 5.51. The molecule has 3 rings (SSSR count). The molecule has 0 radical (unpaired) electrons. The molecule has 1 N–H and O–H groups in total. The molecule has 1 aliphatic heterocycles. The Hall–Kier alpha value is -1.97. The molecule has 0 unspecified atom stereocenters. The average Bonchev–Trinajstić information content (AvgIpc) is 3.25. The van der Waals surface area contributed by atoms with E-state index in [2.05, 4.69) is 11.4 Å². The number of hydrazine groups is 1. The van der Waals surface area contributed by atoms with E-state index in [0.717, 1.165) is 36.5 Å². The van der Waals surface area contributed by atoms with Crippen molar-refractivity contribution in [2.75, 3.05) is 33.2 Å². The summed E-state index contributed by atoms with van der Waals surface area (Å²) in [6.45, 7) is 1.69. The van der Waals surface area contributed by atoms with E-state index in [1.54, 1.807) is 28.2 Å². The molecule has 9 heteroatoms. The Morgan fingerprint density at radius 2 is 1.87 bits per heavy atom. The quantitative estimate of drug-likeness (QED) is 0.508. The van der Waals surface area contributed by atoms with Crippen molar-refractivity contribution in [3.8, 4) is 0 Å². The largest absolute Gasteiger partial charge is 0.361 e. The van der Waals surface area contributed by atoms with Crippen LogP contribution in [0.4, 0.5) is 0 Å². The Bertz CT molecular complexity index is 887. The van der Waals surface area contributed by atoms with E-state index in [9.17, 15) is 13.2 Å². The maximum Gasteiger partial charge on any atom is 0.256 e. The molecule has 1 fully saturated rings. The van der Waals surface area contributed by atoms with Crippen molar-refractivity contribution in [3.63, 3.8) is 0 Å². The van der Waals surface area contributed by atoms with Crippen molar-refractivity contribution < 1.29 is 13.2 Å². The fourth-order valence-corrected chi connectivity index (χ4v) is 5.20. The average molecular weight is 451 g/mol. The molecule has 164 valence electrons. The fourth-order valence-electron chi connectivity index (χ4n) is 3.76. The standard InChI is InChI=1S/C21H30N4O3S2/c1-23(30(27,28)19-11-6-3-7-12-19)17-20(26)24-15-8-16-25(24)21(29)22-14-13-18-9-4-2-5-10-18/h3,6-7,9,11-12H,2,4-5,8,10,13-17H2,1H3,(H,22,29). The van der Waals surface area contributed by atoms with Crippen LogP contribution in [0.25, 0.3) is 0 Å². The number of hydrogen-bond acceptors (Lipinski definition) is 4. The summed E-state index contributed by atoms with van der Waals surface area (Å²) in [4.78, 5) is 13.0. The number of amides is 1. The minimum atomic E-state index is -3.72. The third-order valence-corrected chi connectivity index (χ3v) is 7.64. The minimum absolute atomic E-state index is 0.174. The van der Waals surface area contributed by atoms with Crippen LogP contribution in [0, 0.1) is 0 Å². The first-order chi connectivity index (χ1) is 14.4. The van der Waals surface area contributed by atoms with Crippen molar-refractivity contribution in [2.45, 2.75) is 43.4 Å². The minimum Gasteiger partial charge on any atom is -0.361 e. The monoisotopic (exact) mass is 450 g/mol. The third kappa shape index (κ3) is 5.59. The second-order valence-corrected chi connectivity index (χ2v) is 10.1. The highest BCUT2D eigenvalue weighted by Crippen LogP contribution is 2.20. The summed E-state index contributed by atoms with van der Waals surface area (Å²) < 4.78 is 26.5. The van der Waals surface area contributed by atoms with Crippen LogP contribution in [0.2, 0.25) is 0 Å². The number of sulfonamides is 1.